The number of benzene rings is 2. The van der Waals surface area contributed by atoms with Crippen molar-refractivity contribution in [2.45, 2.75) is 13.5 Å². The van der Waals surface area contributed by atoms with Crippen LogP contribution in [0.5, 0.6) is 5.75 Å². The maximum absolute atomic E-state index is 12.6. The van der Waals surface area contributed by atoms with Crippen LogP contribution < -0.4 is 15.4 Å². The molecule has 0 fully saturated rings. The second-order valence-corrected chi connectivity index (χ2v) is 6.24. The SMILES string of the molecule is CCOC(=O)Oc1ccc(C(=O)Nc2ccccc2CNC(=O)COCCOC)cc1. The van der Waals surface area contributed by atoms with Gasteiger partial charge in [0.1, 0.15) is 12.4 Å². The molecule has 0 radical (unpaired) electrons. The first-order valence-electron chi connectivity index (χ1n) is 9.70. The summed E-state index contributed by atoms with van der Waals surface area (Å²) in [5.41, 5.74) is 1.69. The lowest BCUT2D eigenvalue weighted by molar-refractivity contribution is -0.126. The molecular weight excluding hydrogens is 404 g/mol. The Hall–Kier alpha value is -3.43. The monoisotopic (exact) mass is 430 g/mol. The largest absolute Gasteiger partial charge is 0.513 e. The van der Waals surface area contributed by atoms with E-state index in [-0.39, 0.29) is 37.3 Å². The lowest BCUT2D eigenvalue weighted by Crippen LogP contribution is -2.28. The molecule has 166 valence electrons. The van der Waals surface area contributed by atoms with Gasteiger partial charge in [0.15, 0.2) is 0 Å². The average Bonchev–Trinajstić information content (AvgIpc) is 2.76. The molecule has 0 heterocycles. The van der Waals surface area contributed by atoms with Gasteiger partial charge >= 0.3 is 6.16 Å². The Balaban J connectivity index is 1.92. The summed E-state index contributed by atoms with van der Waals surface area (Å²) >= 11 is 0. The van der Waals surface area contributed by atoms with Gasteiger partial charge in [-0.05, 0) is 42.8 Å². The fraction of sp³-hybridized carbons (Fsp3) is 0.318. The maximum Gasteiger partial charge on any atom is 0.513 e. The number of ether oxygens (including phenoxy) is 4. The van der Waals surface area contributed by atoms with Gasteiger partial charge in [0, 0.05) is 24.9 Å². The third-order valence-corrected chi connectivity index (χ3v) is 3.99. The summed E-state index contributed by atoms with van der Waals surface area (Å²) in [6, 6.07) is 13.2. The highest BCUT2D eigenvalue weighted by atomic mass is 16.7. The molecule has 9 nitrogen and oxygen atoms in total. The third-order valence-electron chi connectivity index (χ3n) is 3.99. The second kappa shape index (κ2) is 13.0. The summed E-state index contributed by atoms with van der Waals surface area (Å²) in [5, 5.41) is 5.57. The van der Waals surface area contributed by atoms with Crippen LogP contribution in [0.25, 0.3) is 0 Å². The van der Waals surface area contributed by atoms with Gasteiger partial charge in [0.05, 0.1) is 19.8 Å². The number of carbonyl (C=O) groups excluding carboxylic acids is 3. The number of nitrogens with one attached hydrogen (secondary N) is 2. The predicted molar refractivity (Wildman–Crippen MR) is 113 cm³/mol. The van der Waals surface area contributed by atoms with Crippen molar-refractivity contribution in [2.75, 3.05) is 38.9 Å². The molecule has 0 atom stereocenters. The van der Waals surface area contributed by atoms with Crippen molar-refractivity contribution in [1.82, 2.24) is 5.32 Å². The molecule has 0 bridgehead atoms. The van der Waals surface area contributed by atoms with Gasteiger partial charge in [0.25, 0.3) is 5.91 Å². The van der Waals surface area contributed by atoms with Crippen molar-refractivity contribution >= 4 is 23.7 Å². The van der Waals surface area contributed by atoms with Crippen molar-refractivity contribution in [3.8, 4) is 5.75 Å². The molecule has 0 aliphatic carbocycles. The molecule has 2 amide bonds. The Kier molecular flexibility index (Phi) is 9.99. The fourth-order valence-corrected chi connectivity index (χ4v) is 2.46. The lowest BCUT2D eigenvalue weighted by atomic mass is 10.1. The number of methoxy groups -OCH3 is 1. The predicted octanol–water partition coefficient (Wildman–Crippen LogP) is 2.75. The van der Waals surface area contributed by atoms with Crippen LogP contribution >= 0.6 is 0 Å². The topological polar surface area (TPSA) is 112 Å². The Labute approximate surface area is 180 Å². The van der Waals surface area contributed by atoms with Crippen molar-refractivity contribution in [1.29, 1.82) is 0 Å². The van der Waals surface area contributed by atoms with Gasteiger partial charge in [-0.2, -0.15) is 0 Å². The van der Waals surface area contributed by atoms with E-state index in [2.05, 4.69) is 10.6 Å². The Morgan fingerprint density at radius 2 is 1.71 bits per heavy atom. The Bertz CT molecular complexity index is 868. The molecule has 31 heavy (non-hydrogen) atoms. The summed E-state index contributed by atoms with van der Waals surface area (Å²) in [5.74, 6) is -0.343. The fourth-order valence-electron chi connectivity index (χ4n) is 2.46. The first-order chi connectivity index (χ1) is 15.0. The zero-order valence-electron chi connectivity index (χ0n) is 17.5. The summed E-state index contributed by atoms with van der Waals surface area (Å²) in [6.07, 6.45) is -0.806. The van der Waals surface area contributed by atoms with Crippen LogP contribution in [0, 0.1) is 0 Å². The van der Waals surface area contributed by atoms with Crippen LogP contribution in [0.4, 0.5) is 10.5 Å². The smallest absolute Gasteiger partial charge is 0.434 e. The second-order valence-electron chi connectivity index (χ2n) is 6.24. The lowest BCUT2D eigenvalue weighted by Gasteiger charge is -2.12. The van der Waals surface area contributed by atoms with E-state index in [9.17, 15) is 14.4 Å². The molecule has 2 aromatic carbocycles. The van der Waals surface area contributed by atoms with Crippen LogP contribution in [-0.2, 0) is 25.5 Å². The zero-order valence-corrected chi connectivity index (χ0v) is 17.5. The number of para-hydroxylation sites is 1. The van der Waals surface area contributed by atoms with Crippen LogP contribution in [-0.4, -0.2) is 51.5 Å². The summed E-state index contributed by atoms with van der Waals surface area (Å²) in [4.78, 5) is 35.8. The van der Waals surface area contributed by atoms with Gasteiger partial charge in [0.2, 0.25) is 5.91 Å². The van der Waals surface area contributed by atoms with E-state index < -0.39 is 6.16 Å². The minimum Gasteiger partial charge on any atom is -0.434 e. The number of hydrogen-bond donors (Lipinski definition) is 2. The molecule has 0 aromatic heterocycles. The quantitative estimate of drug-likeness (QED) is 0.320. The third kappa shape index (κ3) is 8.45. The van der Waals surface area contributed by atoms with Crippen molar-refractivity contribution in [2.24, 2.45) is 0 Å². The standard InChI is InChI=1S/C22H26N2O7/c1-3-30-22(27)31-18-10-8-16(9-11-18)21(26)24-19-7-5-4-6-17(19)14-23-20(25)15-29-13-12-28-2/h4-11H,3,12-15H2,1-2H3,(H,23,25)(H,24,26). The normalized spacial score (nSPS) is 10.3. The highest BCUT2D eigenvalue weighted by Gasteiger charge is 2.11. The van der Waals surface area contributed by atoms with Crippen molar-refractivity contribution in [3.63, 3.8) is 0 Å². The minimum absolute atomic E-state index is 0.0713. The van der Waals surface area contributed by atoms with Crippen LogP contribution in [0.2, 0.25) is 0 Å². The number of anilines is 1. The molecule has 0 unspecified atom stereocenters. The van der Waals surface area contributed by atoms with E-state index >= 15 is 0 Å². The molecular formula is C22H26N2O7. The first-order valence-corrected chi connectivity index (χ1v) is 9.70. The van der Waals surface area contributed by atoms with E-state index in [0.717, 1.165) is 5.56 Å². The summed E-state index contributed by atoms with van der Waals surface area (Å²) < 4.78 is 19.7. The van der Waals surface area contributed by atoms with Crippen LogP contribution in [0.3, 0.4) is 0 Å². The maximum atomic E-state index is 12.6. The highest BCUT2D eigenvalue weighted by molar-refractivity contribution is 6.04. The van der Waals surface area contributed by atoms with E-state index in [1.807, 2.05) is 6.07 Å². The summed E-state index contributed by atoms with van der Waals surface area (Å²) in [6.45, 7) is 2.79. The van der Waals surface area contributed by atoms with Crippen molar-refractivity contribution in [3.05, 3.63) is 59.7 Å². The number of hydrogen-bond acceptors (Lipinski definition) is 7. The van der Waals surface area contributed by atoms with E-state index in [1.54, 1.807) is 32.2 Å². The zero-order chi connectivity index (χ0) is 22.5. The van der Waals surface area contributed by atoms with E-state index in [0.29, 0.717) is 24.5 Å². The Morgan fingerprint density at radius 3 is 2.42 bits per heavy atom. The molecule has 0 saturated heterocycles. The van der Waals surface area contributed by atoms with E-state index in [1.165, 1.54) is 24.3 Å². The highest BCUT2D eigenvalue weighted by Crippen LogP contribution is 2.18. The molecule has 2 aromatic rings. The van der Waals surface area contributed by atoms with E-state index in [4.69, 9.17) is 18.9 Å². The van der Waals surface area contributed by atoms with Gasteiger partial charge in [-0.3, -0.25) is 9.59 Å². The average molecular weight is 430 g/mol. The van der Waals surface area contributed by atoms with Crippen LogP contribution in [0.1, 0.15) is 22.8 Å². The first kappa shape index (κ1) is 23.8. The van der Waals surface area contributed by atoms with Crippen LogP contribution in [0.15, 0.2) is 48.5 Å². The molecule has 0 spiro atoms. The number of rotatable bonds is 11. The molecule has 0 aliphatic heterocycles. The molecule has 2 N–H and O–H groups in total. The molecule has 0 saturated carbocycles. The van der Waals surface area contributed by atoms with Gasteiger partial charge in [-0.25, -0.2) is 4.79 Å². The van der Waals surface area contributed by atoms with Gasteiger partial charge in [-0.15, -0.1) is 0 Å². The van der Waals surface area contributed by atoms with Crippen molar-refractivity contribution < 1.29 is 33.3 Å². The van der Waals surface area contributed by atoms with Gasteiger partial charge in [-0.1, -0.05) is 18.2 Å². The van der Waals surface area contributed by atoms with Gasteiger partial charge < -0.3 is 29.6 Å². The molecule has 0 aliphatic rings. The Morgan fingerprint density at radius 1 is 0.968 bits per heavy atom. The molecule has 2 rings (SSSR count). The molecule has 9 heteroatoms. The number of amides is 2. The summed E-state index contributed by atoms with van der Waals surface area (Å²) in [7, 11) is 1.56. The number of carbonyl (C=O) groups is 3. The minimum atomic E-state index is -0.806.